The van der Waals surface area contributed by atoms with Crippen LogP contribution in [0.25, 0.3) is 0 Å². The molecule has 1 saturated heterocycles. The quantitative estimate of drug-likeness (QED) is 0.820. The molecule has 0 atom stereocenters. The molecule has 122 valence electrons. The predicted octanol–water partition coefficient (Wildman–Crippen LogP) is 2.50. The fourth-order valence-corrected chi connectivity index (χ4v) is 2.75. The monoisotopic (exact) mass is 307 g/mol. The molecule has 4 nitrogen and oxygen atoms in total. The molecule has 0 bridgehead atoms. The number of rotatable bonds is 6. The van der Waals surface area contributed by atoms with Gasteiger partial charge in [0, 0.05) is 32.7 Å². The van der Waals surface area contributed by atoms with Crippen LogP contribution >= 0.6 is 0 Å². The Labute approximate surface area is 132 Å². The molecule has 0 aromatic heterocycles. The Morgan fingerprint density at radius 2 is 1.82 bits per heavy atom. The van der Waals surface area contributed by atoms with Crippen molar-refractivity contribution < 1.29 is 9.18 Å². The summed E-state index contributed by atoms with van der Waals surface area (Å²) in [5, 5.41) is 2.85. The van der Waals surface area contributed by atoms with Crippen molar-refractivity contribution in [2.24, 2.45) is 0 Å². The van der Waals surface area contributed by atoms with E-state index in [0.717, 1.165) is 52.0 Å². The van der Waals surface area contributed by atoms with Crippen LogP contribution in [0.5, 0.6) is 0 Å². The van der Waals surface area contributed by atoms with Gasteiger partial charge in [0.25, 0.3) is 0 Å². The first-order valence-corrected chi connectivity index (χ1v) is 8.18. The average molecular weight is 307 g/mol. The van der Waals surface area contributed by atoms with Gasteiger partial charge in [-0.1, -0.05) is 12.1 Å². The lowest BCUT2D eigenvalue weighted by atomic mass is 10.1. The fraction of sp³-hybridized carbons (Fsp3) is 0.588. The zero-order valence-corrected chi connectivity index (χ0v) is 13.4. The Balaban J connectivity index is 1.59. The summed E-state index contributed by atoms with van der Waals surface area (Å²) in [5.74, 6) is -0.172. The number of nitrogens with zero attached hydrogens (tertiary/aromatic N) is 2. The van der Waals surface area contributed by atoms with Crippen LogP contribution in [0.1, 0.15) is 25.3 Å². The summed E-state index contributed by atoms with van der Waals surface area (Å²) < 4.78 is 12.8. The van der Waals surface area contributed by atoms with E-state index in [4.69, 9.17) is 0 Å². The topological polar surface area (TPSA) is 35.6 Å². The van der Waals surface area contributed by atoms with Crippen LogP contribution in [0.4, 0.5) is 9.18 Å². The first-order chi connectivity index (χ1) is 10.7. The second-order valence-electron chi connectivity index (χ2n) is 5.75. The zero-order chi connectivity index (χ0) is 15.8. The number of benzene rings is 1. The number of unbranched alkanes of at least 4 members (excludes halogenated alkanes) is 1. The van der Waals surface area contributed by atoms with Crippen LogP contribution < -0.4 is 5.32 Å². The highest BCUT2D eigenvalue weighted by Gasteiger charge is 2.19. The highest BCUT2D eigenvalue weighted by molar-refractivity contribution is 5.74. The molecule has 22 heavy (non-hydrogen) atoms. The molecule has 1 aromatic rings. The first-order valence-electron chi connectivity index (χ1n) is 8.18. The number of carbonyl (C=O) groups is 1. The molecular formula is C17H26FN3O. The number of urea groups is 1. The number of nitrogens with one attached hydrogen (secondary N) is 1. The number of hydrogen-bond acceptors (Lipinski definition) is 2. The Morgan fingerprint density at radius 3 is 2.45 bits per heavy atom. The summed E-state index contributed by atoms with van der Waals surface area (Å²) >= 11 is 0. The van der Waals surface area contributed by atoms with Crippen molar-refractivity contribution in [3.8, 4) is 0 Å². The van der Waals surface area contributed by atoms with Crippen LogP contribution in [-0.2, 0) is 6.42 Å². The van der Waals surface area contributed by atoms with Gasteiger partial charge in [0.1, 0.15) is 5.82 Å². The van der Waals surface area contributed by atoms with Crippen molar-refractivity contribution in [2.75, 3.05) is 39.3 Å². The van der Waals surface area contributed by atoms with Gasteiger partial charge in [-0.15, -0.1) is 0 Å². The predicted molar refractivity (Wildman–Crippen MR) is 86.4 cm³/mol. The average Bonchev–Trinajstić information content (AvgIpc) is 2.54. The van der Waals surface area contributed by atoms with E-state index in [9.17, 15) is 9.18 Å². The van der Waals surface area contributed by atoms with Crippen molar-refractivity contribution in [1.82, 2.24) is 15.1 Å². The summed E-state index contributed by atoms with van der Waals surface area (Å²) in [7, 11) is 0. The van der Waals surface area contributed by atoms with Crippen LogP contribution in [0.15, 0.2) is 24.3 Å². The van der Waals surface area contributed by atoms with E-state index in [1.807, 2.05) is 24.0 Å². The molecule has 2 amide bonds. The van der Waals surface area contributed by atoms with Gasteiger partial charge in [-0.2, -0.15) is 0 Å². The van der Waals surface area contributed by atoms with E-state index in [1.165, 1.54) is 17.7 Å². The maximum Gasteiger partial charge on any atom is 0.317 e. The SMILES string of the molecule is CCNC(=O)N1CCN(CCCCc2ccc(F)cc2)CC1. The van der Waals surface area contributed by atoms with Gasteiger partial charge < -0.3 is 10.2 Å². The van der Waals surface area contributed by atoms with Crippen molar-refractivity contribution in [3.05, 3.63) is 35.6 Å². The molecule has 0 spiro atoms. The van der Waals surface area contributed by atoms with Gasteiger partial charge in [-0.3, -0.25) is 4.90 Å². The van der Waals surface area contributed by atoms with E-state index < -0.39 is 0 Å². The molecule has 0 radical (unpaired) electrons. The molecule has 1 aromatic carbocycles. The van der Waals surface area contributed by atoms with E-state index in [2.05, 4.69) is 10.2 Å². The van der Waals surface area contributed by atoms with Crippen molar-refractivity contribution in [2.45, 2.75) is 26.2 Å². The standard InChI is InChI=1S/C17H26FN3O/c1-2-19-17(22)21-13-11-20(12-14-21)10-4-3-5-15-6-8-16(18)9-7-15/h6-9H,2-5,10-14H2,1H3,(H,19,22). The van der Waals surface area contributed by atoms with Crippen molar-refractivity contribution in [1.29, 1.82) is 0 Å². The Morgan fingerprint density at radius 1 is 1.14 bits per heavy atom. The normalized spacial score (nSPS) is 15.8. The lowest BCUT2D eigenvalue weighted by Gasteiger charge is -2.34. The first kappa shape index (κ1) is 16.7. The summed E-state index contributed by atoms with van der Waals surface area (Å²) in [6.07, 6.45) is 3.25. The summed E-state index contributed by atoms with van der Waals surface area (Å²) in [6, 6.07) is 6.82. The molecule has 5 heteroatoms. The van der Waals surface area contributed by atoms with Crippen LogP contribution in [0, 0.1) is 5.82 Å². The van der Waals surface area contributed by atoms with Crippen molar-refractivity contribution >= 4 is 6.03 Å². The van der Waals surface area contributed by atoms with E-state index in [-0.39, 0.29) is 11.8 Å². The Kier molecular flexibility index (Phi) is 6.65. The summed E-state index contributed by atoms with van der Waals surface area (Å²) in [4.78, 5) is 16.0. The van der Waals surface area contributed by atoms with Crippen LogP contribution in [0.3, 0.4) is 0 Å². The molecule has 0 saturated carbocycles. The Hall–Kier alpha value is -1.62. The molecule has 1 N–H and O–H groups in total. The minimum absolute atomic E-state index is 0.0541. The molecule has 1 aliphatic heterocycles. The van der Waals surface area contributed by atoms with E-state index in [0.29, 0.717) is 6.54 Å². The van der Waals surface area contributed by atoms with Crippen molar-refractivity contribution in [3.63, 3.8) is 0 Å². The summed E-state index contributed by atoms with van der Waals surface area (Å²) in [5.41, 5.74) is 1.20. The van der Waals surface area contributed by atoms with Gasteiger partial charge >= 0.3 is 6.03 Å². The smallest absolute Gasteiger partial charge is 0.317 e. The molecule has 1 aliphatic rings. The molecular weight excluding hydrogens is 281 g/mol. The minimum atomic E-state index is -0.172. The highest BCUT2D eigenvalue weighted by Crippen LogP contribution is 2.09. The number of amides is 2. The fourth-order valence-electron chi connectivity index (χ4n) is 2.75. The number of aryl methyl sites for hydroxylation is 1. The second kappa shape index (κ2) is 8.73. The third-order valence-electron chi connectivity index (χ3n) is 4.09. The zero-order valence-electron chi connectivity index (χ0n) is 13.4. The lowest BCUT2D eigenvalue weighted by molar-refractivity contribution is 0.138. The van der Waals surface area contributed by atoms with Gasteiger partial charge in [0.05, 0.1) is 0 Å². The largest absolute Gasteiger partial charge is 0.338 e. The number of hydrogen-bond donors (Lipinski definition) is 1. The maximum atomic E-state index is 12.8. The maximum absolute atomic E-state index is 12.8. The summed E-state index contributed by atoms with van der Waals surface area (Å²) in [6.45, 7) is 7.22. The molecule has 0 aliphatic carbocycles. The number of halogens is 1. The minimum Gasteiger partial charge on any atom is -0.338 e. The molecule has 1 fully saturated rings. The lowest BCUT2D eigenvalue weighted by Crippen LogP contribution is -2.51. The highest BCUT2D eigenvalue weighted by atomic mass is 19.1. The van der Waals surface area contributed by atoms with E-state index in [1.54, 1.807) is 0 Å². The van der Waals surface area contributed by atoms with Gasteiger partial charge in [-0.25, -0.2) is 9.18 Å². The molecule has 0 unspecified atom stereocenters. The third-order valence-corrected chi connectivity index (χ3v) is 4.09. The number of piperazine rings is 1. The van der Waals surface area contributed by atoms with Gasteiger partial charge in [0.15, 0.2) is 0 Å². The second-order valence-corrected chi connectivity index (χ2v) is 5.75. The molecule has 1 heterocycles. The Bertz CT molecular complexity index is 455. The third kappa shape index (κ3) is 5.30. The molecule has 2 rings (SSSR count). The van der Waals surface area contributed by atoms with Crippen LogP contribution in [-0.4, -0.2) is 55.1 Å². The van der Waals surface area contributed by atoms with E-state index >= 15 is 0 Å². The van der Waals surface area contributed by atoms with Gasteiger partial charge in [0.2, 0.25) is 0 Å². The van der Waals surface area contributed by atoms with Crippen LogP contribution in [0.2, 0.25) is 0 Å². The number of carbonyl (C=O) groups excluding carboxylic acids is 1. The van der Waals surface area contributed by atoms with Gasteiger partial charge in [-0.05, 0) is 50.4 Å².